The summed E-state index contributed by atoms with van der Waals surface area (Å²) < 4.78 is 32.0. The highest BCUT2D eigenvalue weighted by Crippen LogP contribution is 2.29. The molecule has 0 atom stereocenters. The Morgan fingerprint density at radius 1 is 1.22 bits per heavy atom. The Labute approximate surface area is 136 Å². The summed E-state index contributed by atoms with van der Waals surface area (Å²) in [6, 6.07) is 7.08. The summed E-state index contributed by atoms with van der Waals surface area (Å²) >= 11 is 0. The fourth-order valence-electron chi connectivity index (χ4n) is 2.69. The molecule has 124 valence electrons. The Bertz CT molecular complexity index is 817. The first-order chi connectivity index (χ1) is 10.7. The number of anilines is 1. The standard InChI is InChI=1S/C16H21N3O3S/c1-16(2,3)11-4-6-12(7-5-11)23(20,21)19-9-8-14-13(10-19)15(17)22-18-14/h4-7H,8-10,17H2,1-3H3. The molecule has 2 aromatic rings. The van der Waals surface area contributed by atoms with Crippen molar-refractivity contribution in [2.75, 3.05) is 12.3 Å². The predicted molar refractivity (Wildman–Crippen MR) is 87.4 cm³/mol. The fourth-order valence-corrected chi connectivity index (χ4v) is 4.10. The Morgan fingerprint density at radius 2 is 1.87 bits per heavy atom. The molecular weight excluding hydrogens is 314 g/mol. The van der Waals surface area contributed by atoms with Crippen LogP contribution < -0.4 is 5.73 Å². The predicted octanol–water partition coefficient (Wildman–Crippen LogP) is 2.30. The molecule has 6 nitrogen and oxygen atoms in total. The number of nitrogens with zero attached hydrogens (tertiary/aromatic N) is 2. The molecular formula is C16H21N3O3S. The molecule has 3 rings (SSSR count). The van der Waals surface area contributed by atoms with E-state index in [2.05, 4.69) is 25.9 Å². The van der Waals surface area contributed by atoms with Crippen molar-refractivity contribution in [3.8, 4) is 0 Å². The first-order valence-corrected chi connectivity index (χ1v) is 8.97. The van der Waals surface area contributed by atoms with E-state index in [9.17, 15) is 8.42 Å². The monoisotopic (exact) mass is 335 g/mol. The molecule has 0 bridgehead atoms. The van der Waals surface area contributed by atoms with Crippen LogP contribution in [0.5, 0.6) is 0 Å². The Morgan fingerprint density at radius 3 is 2.48 bits per heavy atom. The van der Waals surface area contributed by atoms with Crippen LogP contribution in [0.4, 0.5) is 5.88 Å². The Balaban J connectivity index is 1.89. The summed E-state index contributed by atoms with van der Waals surface area (Å²) in [5, 5.41) is 3.86. The van der Waals surface area contributed by atoms with Crippen molar-refractivity contribution in [1.29, 1.82) is 0 Å². The second-order valence-electron chi connectivity index (χ2n) is 6.84. The minimum absolute atomic E-state index is 0.0147. The molecule has 0 radical (unpaired) electrons. The van der Waals surface area contributed by atoms with Crippen LogP contribution in [-0.2, 0) is 28.4 Å². The third kappa shape index (κ3) is 2.86. The topological polar surface area (TPSA) is 89.4 Å². The smallest absolute Gasteiger partial charge is 0.243 e. The van der Waals surface area contributed by atoms with E-state index in [0.717, 1.165) is 11.3 Å². The van der Waals surface area contributed by atoms with Gasteiger partial charge in [-0.15, -0.1) is 0 Å². The van der Waals surface area contributed by atoms with Gasteiger partial charge in [0.05, 0.1) is 16.2 Å². The molecule has 0 spiro atoms. The van der Waals surface area contributed by atoms with E-state index in [1.54, 1.807) is 12.1 Å². The van der Waals surface area contributed by atoms with Gasteiger partial charge in [0, 0.05) is 19.5 Å². The van der Waals surface area contributed by atoms with Crippen molar-refractivity contribution >= 4 is 15.9 Å². The van der Waals surface area contributed by atoms with Gasteiger partial charge in [0.15, 0.2) is 0 Å². The van der Waals surface area contributed by atoms with Crippen LogP contribution in [0.1, 0.15) is 37.6 Å². The van der Waals surface area contributed by atoms with E-state index in [-0.39, 0.29) is 17.8 Å². The zero-order valence-corrected chi connectivity index (χ0v) is 14.4. The summed E-state index contributed by atoms with van der Waals surface area (Å²) in [7, 11) is -3.55. The molecule has 0 amide bonds. The molecule has 0 unspecified atom stereocenters. The number of sulfonamides is 1. The SMILES string of the molecule is CC(C)(C)c1ccc(S(=O)(=O)N2CCc3noc(N)c3C2)cc1. The highest BCUT2D eigenvalue weighted by Gasteiger charge is 2.31. The molecule has 0 fully saturated rings. The van der Waals surface area contributed by atoms with Gasteiger partial charge in [-0.1, -0.05) is 38.1 Å². The van der Waals surface area contributed by atoms with Gasteiger partial charge in [0.2, 0.25) is 15.9 Å². The molecule has 1 aromatic carbocycles. The van der Waals surface area contributed by atoms with Crippen LogP contribution in [0.25, 0.3) is 0 Å². The quantitative estimate of drug-likeness (QED) is 0.909. The lowest BCUT2D eigenvalue weighted by Gasteiger charge is -2.26. The number of fused-ring (bicyclic) bond motifs is 1. The third-order valence-corrected chi connectivity index (χ3v) is 6.05. The maximum atomic E-state index is 12.8. The zero-order valence-electron chi connectivity index (χ0n) is 13.5. The number of benzene rings is 1. The van der Waals surface area contributed by atoms with Crippen molar-refractivity contribution in [1.82, 2.24) is 9.46 Å². The molecule has 23 heavy (non-hydrogen) atoms. The Hall–Kier alpha value is -1.86. The van der Waals surface area contributed by atoms with Gasteiger partial charge in [-0.25, -0.2) is 8.42 Å². The molecule has 0 saturated carbocycles. The minimum Gasteiger partial charge on any atom is -0.367 e. The van der Waals surface area contributed by atoms with Crippen LogP contribution in [0.3, 0.4) is 0 Å². The van der Waals surface area contributed by atoms with Gasteiger partial charge in [-0.2, -0.15) is 4.31 Å². The highest BCUT2D eigenvalue weighted by atomic mass is 32.2. The van der Waals surface area contributed by atoms with Crippen LogP contribution in [0, 0.1) is 0 Å². The van der Waals surface area contributed by atoms with Crippen LogP contribution in [0.2, 0.25) is 0 Å². The number of nitrogen functional groups attached to an aromatic ring is 1. The lowest BCUT2D eigenvalue weighted by atomic mass is 9.87. The largest absolute Gasteiger partial charge is 0.367 e. The van der Waals surface area contributed by atoms with Gasteiger partial charge >= 0.3 is 0 Å². The summed E-state index contributed by atoms with van der Waals surface area (Å²) in [5.41, 5.74) is 8.23. The van der Waals surface area contributed by atoms with Crippen LogP contribution in [0.15, 0.2) is 33.7 Å². The van der Waals surface area contributed by atoms with E-state index in [1.807, 2.05) is 12.1 Å². The van der Waals surface area contributed by atoms with Crippen molar-refractivity contribution in [2.24, 2.45) is 0 Å². The molecule has 0 saturated heterocycles. The number of rotatable bonds is 2. The fraction of sp³-hybridized carbons (Fsp3) is 0.438. The number of aromatic nitrogens is 1. The van der Waals surface area contributed by atoms with Crippen molar-refractivity contribution in [3.63, 3.8) is 0 Å². The van der Waals surface area contributed by atoms with E-state index < -0.39 is 10.0 Å². The number of hydrogen-bond acceptors (Lipinski definition) is 5. The maximum Gasteiger partial charge on any atom is 0.243 e. The van der Waals surface area contributed by atoms with Gasteiger partial charge in [0.25, 0.3) is 0 Å². The maximum absolute atomic E-state index is 12.8. The summed E-state index contributed by atoms with van der Waals surface area (Å²) in [6.45, 7) is 6.86. The first-order valence-electron chi connectivity index (χ1n) is 7.53. The van der Waals surface area contributed by atoms with Gasteiger partial charge in [0.1, 0.15) is 0 Å². The lowest BCUT2D eigenvalue weighted by molar-refractivity contribution is 0.386. The lowest BCUT2D eigenvalue weighted by Crippen LogP contribution is -2.36. The van der Waals surface area contributed by atoms with Crippen molar-refractivity contribution in [2.45, 2.75) is 44.0 Å². The van der Waals surface area contributed by atoms with Crippen LogP contribution in [-0.4, -0.2) is 24.4 Å². The normalized spacial score (nSPS) is 16.3. The van der Waals surface area contributed by atoms with Crippen molar-refractivity contribution < 1.29 is 12.9 Å². The van der Waals surface area contributed by atoms with Gasteiger partial charge in [-0.05, 0) is 23.1 Å². The first kappa shape index (κ1) is 16.0. The molecule has 0 aliphatic carbocycles. The molecule has 1 aromatic heterocycles. The third-order valence-electron chi connectivity index (χ3n) is 4.19. The Kier molecular flexibility index (Phi) is 3.72. The molecule has 2 heterocycles. The minimum atomic E-state index is -3.55. The second-order valence-corrected chi connectivity index (χ2v) is 8.77. The van der Waals surface area contributed by atoms with E-state index in [4.69, 9.17) is 10.3 Å². The summed E-state index contributed by atoms with van der Waals surface area (Å²) in [5.74, 6) is 0.197. The van der Waals surface area contributed by atoms with E-state index in [1.165, 1.54) is 4.31 Å². The van der Waals surface area contributed by atoms with Gasteiger partial charge in [-0.3, -0.25) is 0 Å². The summed E-state index contributed by atoms with van der Waals surface area (Å²) in [4.78, 5) is 0.295. The summed E-state index contributed by atoms with van der Waals surface area (Å²) in [6.07, 6.45) is 0.509. The zero-order chi connectivity index (χ0) is 16.8. The van der Waals surface area contributed by atoms with E-state index in [0.29, 0.717) is 23.4 Å². The number of hydrogen-bond donors (Lipinski definition) is 1. The molecule has 2 N–H and O–H groups in total. The van der Waals surface area contributed by atoms with Gasteiger partial charge < -0.3 is 10.3 Å². The van der Waals surface area contributed by atoms with Crippen LogP contribution >= 0.6 is 0 Å². The average molecular weight is 335 g/mol. The average Bonchev–Trinajstić information content (AvgIpc) is 2.87. The molecule has 7 heteroatoms. The van der Waals surface area contributed by atoms with E-state index >= 15 is 0 Å². The highest BCUT2D eigenvalue weighted by molar-refractivity contribution is 7.89. The number of nitrogens with two attached hydrogens (primary N) is 1. The molecule has 1 aliphatic rings. The van der Waals surface area contributed by atoms with Crippen molar-refractivity contribution in [3.05, 3.63) is 41.1 Å². The molecule has 1 aliphatic heterocycles. The second kappa shape index (κ2) is 5.35.